The molecule has 7 heteroatoms. The molecule has 104 valence electrons. The van der Waals surface area contributed by atoms with Crippen molar-refractivity contribution < 1.29 is 24.2 Å². The third-order valence-electron chi connectivity index (χ3n) is 3.01. The van der Waals surface area contributed by atoms with Crippen LogP contribution in [-0.4, -0.2) is 63.0 Å². The summed E-state index contributed by atoms with van der Waals surface area (Å²) in [5.74, 6) is -1.70. The number of aliphatic carboxylic acids is 1. The van der Waals surface area contributed by atoms with E-state index in [1.165, 1.54) is 7.11 Å². The molecule has 1 aliphatic rings. The number of amides is 1. The molecule has 7 nitrogen and oxygen atoms in total. The van der Waals surface area contributed by atoms with Gasteiger partial charge < -0.3 is 25.2 Å². The Morgan fingerprint density at radius 3 is 2.78 bits per heavy atom. The molecule has 0 aromatic heterocycles. The molecule has 18 heavy (non-hydrogen) atoms. The molecule has 1 rings (SSSR count). The fourth-order valence-corrected chi connectivity index (χ4v) is 1.87. The summed E-state index contributed by atoms with van der Waals surface area (Å²) in [5.41, 5.74) is 0. The van der Waals surface area contributed by atoms with Crippen molar-refractivity contribution in [2.24, 2.45) is 5.92 Å². The predicted octanol–water partition coefficient (Wildman–Crippen LogP) is -1.17. The molecular weight excluding hydrogens is 240 g/mol. The van der Waals surface area contributed by atoms with Gasteiger partial charge in [0.15, 0.2) is 0 Å². The summed E-state index contributed by atoms with van der Waals surface area (Å²) in [6, 6.07) is -0.988. The topological polar surface area (TPSA) is 96.9 Å². The highest BCUT2D eigenvalue weighted by atomic mass is 16.5. The minimum Gasteiger partial charge on any atom is -0.480 e. The standard InChI is InChI=1S/C11H20N2O5/c1-12-9-6-18-5-7(9)10(14)13-8(11(15)16)3-4-17-2/h7-9,12H,3-6H2,1-2H3,(H,13,14)(H,15,16). The molecule has 1 amide bonds. The van der Waals surface area contributed by atoms with E-state index in [1.807, 2.05) is 0 Å². The van der Waals surface area contributed by atoms with Crippen LogP contribution in [0.15, 0.2) is 0 Å². The number of carboxylic acids is 1. The van der Waals surface area contributed by atoms with Gasteiger partial charge in [-0.1, -0.05) is 0 Å². The van der Waals surface area contributed by atoms with Crippen molar-refractivity contribution in [3.05, 3.63) is 0 Å². The zero-order valence-electron chi connectivity index (χ0n) is 10.6. The Hall–Kier alpha value is -1.18. The van der Waals surface area contributed by atoms with Crippen molar-refractivity contribution >= 4 is 11.9 Å². The third-order valence-corrected chi connectivity index (χ3v) is 3.01. The lowest BCUT2D eigenvalue weighted by Crippen LogP contribution is -2.48. The van der Waals surface area contributed by atoms with Crippen LogP contribution >= 0.6 is 0 Å². The van der Waals surface area contributed by atoms with E-state index < -0.39 is 12.0 Å². The fourth-order valence-electron chi connectivity index (χ4n) is 1.87. The summed E-state index contributed by atoms with van der Waals surface area (Å²) >= 11 is 0. The van der Waals surface area contributed by atoms with Gasteiger partial charge in [0.05, 0.1) is 19.1 Å². The Kier molecular flexibility index (Phi) is 6.03. The molecule has 0 aromatic carbocycles. The molecular formula is C11H20N2O5. The second-order valence-electron chi connectivity index (χ2n) is 4.22. The maximum atomic E-state index is 12.0. The predicted molar refractivity (Wildman–Crippen MR) is 63.2 cm³/mol. The fraction of sp³-hybridized carbons (Fsp3) is 0.818. The van der Waals surface area contributed by atoms with Crippen LogP contribution in [-0.2, 0) is 19.1 Å². The van der Waals surface area contributed by atoms with Gasteiger partial charge in [-0.25, -0.2) is 4.79 Å². The summed E-state index contributed by atoms with van der Waals surface area (Å²) in [6.07, 6.45) is 0.245. The highest BCUT2D eigenvalue weighted by Crippen LogP contribution is 2.14. The quantitative estimate of drug-likeness (QED) is 0.533. The number of likely N-dealkylation sites (N-methyl/N-ethyl adjacent to an activating group) is 1. The third kappa shape index (κ3) is 3.94. The number of ether oxygens (including phenoxy) is 2. The summed E-state index contributed by atoms with van der Waals surface area (Å²) in [6.45, 7) is 1.06. The van der Waals surface area contributed by atoms with Crippen LogP contribution < -0.4 is 10.6 Å². The molecule has 1 fully saturated rings. The van der Waals surface area contributed by atoms with Crippen LogP contribution in [0.4, 0.5) is 0 Å². The van der Waals surface area contributed by atoms with Gasteiger partial charge in [0.1, 0.15) is 6.04 Å². The molecule has 3 atom stereocenters. The molecule has 0 aromatic rings. The minimum atomic E-state index is -1.06. The van der Waals surface area contributed by atoms with Gasteiger partial charge in [0, 0.05) is 26.2 Å². The molecule has 0 spiro atoms. The van der Waals surface area contributed by atoms with Gasteiger partial charge in [-0.05, 0) is 7.05 Å². The van der Waals surface area contributed by atoms with E-state index in [9.17, 15) is 9.59 Å². The monoisotopic (exact) mass is 260 g/mol. The van der Waals surface area contributed by atoms with Crippen LogP contribution in [0, 0.1) is 5.92 Å². The maximum absolute atomic E-state index is 12.0. The van der Waals surface area contributed by atoms with Gasteiger partial charge in [0.25, 0.3) is 0 Å². The first-order valence-electron chi connectivity index (χ1n) is 5.87. The first kappa shape index (κ1) is 14.9. The number of hydrogen-bond donors (Lipinski definition) is 3. The lowest BCUT2D eigenvalue weighted by atomic mass is 10.0. The van der Waals surface area contributed by atoms with Crippen molar-refractivity contribution in [1.82, 2.24) is 10.6 Å². The van der Waals surface area contributed by atoms with Crippen LogP contribution in [0.25, 0.3) is 0 Å². The normalized spacial score (nSPS) is 24.8. The Morgan fingerprint density at radius 1 is 1.50 bits per heavy atom. The van der Waals surface area contributed by atoms with Crippen LogP contribution in [0.2, 0.25) is 0 Å². The summed E-state index contributed by atoms with van der Waals surface area (Å²) in [5, 5.41) is 14.5. The first-order chi connectivity index (χ1) is 8.60. The summed E-state index contributed by atoms with van der Waals surface area (Å²) in [7, 11) is 3.24. The van der Waals surface area contributed by atoms with Crippen LogP contribution in [0.3, 0.4) is 0 Å². The van der Waals surface area contributed by atoms with Gasteiger partial charge in [-0.3, -0.25) is 4.79 Å². The molecule has 0 aliphatic carbocycles. The number of nitrogens with one attached hydrogen (secondary N) is 2. The van der Waals surface area contributed by atoms with Gasteiger partial charge in [0.2, 0.25) is 5.91 Å². The van der Waals surface area contributed by atoms with E-state index in [4.69, 9.17) is 14.6 Å². The van der Waals surface area contributed by atoms with Crippen molar-refractivity contribution in [1.29, 1.82) is 0 Å². The molecule has 0 radical (unpaired) electrons. The highest BCUT2D eigenvalue weighted by Gasteiger charge is 2.34. The number of rotatable bonds is 7. The number of carbonyl (C=O) groups excluding carboxylic acids is 1. The van der Waals surface area contributed by atoms with E-state index in [-0.39, 0.29) is 30.9 Å². The second-order valence-corrected chi connectivity index (χ2v) is 4.22. The zero-order valence-corrected chi connectivity index (χ0v) is 10.6. The smallest absolute Gasteiger partial charge is 0.326 e. The van der Waals surface area contributed by atoms with E-state index in [0.717, 1.165) is 0 Å². The second kappa shape index (κ2) is 7.30. The Labute approximate surface area is 106 Å². The lowest BCUT2D eigenvalue weighted by Gasteiger charge is -2.20. The van der Waals surface area contributed by atoms with Crippen LogP contribution in [0.5, 0.6) is 0 Å². The maximum Gasteiger partial charge on any atom is 0.326 e. The molecule has 1 saturated heterocycles. The van der Waals surface area contributed by atoms with E-state index in [2.05, 4.69) is 10.6 Å². The number of carbonyl (C=O) groups is 2. The highest BCUT2D eigenvalue weighted by molar-refractivity contribution is 5.85. The molecule has 3 unspecified atom stereocenters. The Balaban J connectivity index is 2.52. The summed E-state index contributed by atoms with van der Waals surface area (Å²) < 4.78 is 10.0. The van der Waals surface area contributed by atoms with E-state index >= 15 is 0 Å². The van der Waals surface area contributed by atoms with E-state index in [0.29, 0.717) is 13.2 Å². The number of methoxy groups -OCH3 is 1. The van der Waals surface area contributed by atoms with Crippen LogP contribution in [0.1, 0.15) is 6.42 Å². The SMILES string of the molecule is CNC1COCC1C(=O)NC(CCOC)C(=O)O. The minimum absolute atomic E-state index is 0.0677. The first-order valence-corrected chi connectivity index (χ1v) is 5.87. The van der Waals surface area contributed by atoms with Crippen molar-refractivity contribution in [3.8, 4) is 0 Å². The largest absolute Gasteiger partial charge is 0.480 e. The average Bonchev–Trinajstić information content (AvgIpc) is 2.82. The molecule has 0 bridgehead atoms. The molecule has 1 aliphatic heterocycles. The lowest BCUT2D eigenvalue weighted by molar-refractivity contribution is -0.143. The van der Waals surface area contributed by atoms with Gasteiger partial charge >= 0.3 is 5.97 Å². The zero-order chi connectivity index (χ0) is 13.5. The Bertz CT molecular complexity index is 297. The van der Waals surface area contributed by atoms with E-state index in [1.54, 1.807) is 7.05 Å². The van der Waals surface area contributed by atoms with Crippen molar-refractivity contribution in [2.45, 2.75) is 18.5 Å². The number of hydrogen-bond acceptors (Lipinski definition) is 5. The number of carboxylic acid groups (broad SMARTS) is 1. The van der Waals surface area contributed by atoms with Gasteiger partial charge in [-0.15, -0.1) is 0 Å². The van der Waals surface area contributed by atoms with Crippen molar-refractivity contribution in [2.75, 3.05) is 34.0 Å². The van der Waals surface area contributed by atoms with Gasteiger partial charge in [-0.2, -0.15) is 0 Å². The molecule has 1 heterocycles. The Morgan fingerprint density at radius 2 is 2.22 bits per heavy atom. The molecule has 3 N–H and O–H groups in total. The molecule has 0 saturated carbocycles. The summed E-state index contributed by atoms with van der Waals surface area (Å²) in [4.78, 5) is 22.9. The van der Waals surface area contributed by atoms with Crippen molar-refractivity contribution in [3.63, 3.8) is 0 Å². The average molecular weight is 260 g/mol.